The molecule has 5 atom stereocenters. The number of carbonyl (C=O) groups is 1. The van der Waals surface area contributed by atoms with E-state index in [0.29, 0.717) is 36.5 Å². The van der Waals surface area contributed by atoms with Gasteiger partial charge in [-0.2, -0.15) is 0 Å². The number of cyclic esters (lactones) is 1. The summed E-state index contributed by atoms with van der Waals surface area (Å²) in [5.41, 5.74) is 0. The molecule has 0 spiro atoms. The molecule has 0 radical (unpaired) electrons. The number of ether oxygens (including phenoxy) is 2. The Kier molecular flexibility index (Phi) is 7.54. The van der Waals surface area contributed by atoms with Gasteiger partial charge in [0, 0.05) is 23.8 Å². The Bertz CT molecular complexity index is 717. The van der Waals surface area contributed by atoms with E-state index in [1.54, 1.807) is 30.3 Å². The highest BCUT2D eigenvalue weighted by Gasteiger charge is 2.39. The number of fused-ring (bicyclic) bond motifs is 1. The highest BCUT2D eigenvalue weighted by Crippen LogP contribution is 2.36. The van der Waals surface area contributed by atoms with E-state index >= 15 is 0 Å². The van der Waals surface area contributed by atoms with Gasteiger partial charge in [-0.1, -0.05) is 35.9 Å². The van der Waals surface area contributed by atoms with Crippen LogP contribution in [0.2, 0.25) is 5.02 Å². The molecule has 0 saturated heterocycles. The van der Waals surface area contributed by atoms with Crippen molar-refractivity contribution in [3.05, 3.63) is 53.6 Å². The molecule has 28 heavy (non-hydrogen) atoms. The molecule has 2 aliphatic rings. The molecule has 152 valence electrons. The first-order chi connectivity index (χ1) is 13.5. The third-order valence-corrected chi connectivity index (χ3v) is 5.52. The fraction of sp³-hybridized carbons (Fsp3) is 0.500. The molecule has 1 aromatic rings. The number of aliphatic hydroxyl groups excluding tert-OH is 2. The molecular formula is C22H27ClO5. The lowest BCUT2D eigenvalue weighted by atomic mass is 9.89. The van der Waals surface area contributed by atoms with Gasteiger partial charge >= 0.3 is 5.97 Å². The maximum absolute atomic E-state index is 12.2. The monoisotopic (exact) mass is 406 g/mol. The predicted molar refractivity (Wildman–Crippen MR) is 107 cm³/mol. The van der Waals surface area contributed by atoms with Gasteiger partial charge < -0.3 is 19.7 Å². The Morgan fingerprint density at radius 2 is 2.04 bits per heavy atom. The summed E-state index contributed by atoms with van der Waals surface area (Å²) in [6, 6.07) is 7.04. The minimum atomic E-state index is -0.611. The van der Waals surface area contributed by atoms with Gasteiger partial charge in [-0.25, -0.2) is 0 Å². The number of hydrogen-bond acceptors (Lipinski definition) is 5. The number of hydrogen-bond donors (Lipinski definition) is 2. The van der Waals surface area contributed by atoms with Crippen LogP contribution in [0.15, 0.2) is 48.6 Å². The van der Waals surface area contributed by atoms with E-state index in [1.165, 1.54) is 0 Å². The molecule has 1 fully saturated rings. The summed E-state index contributed by atoms with van der Waals surface area (Å²) < 4.78 is 11.3. The van der Waals surface area contributed by atoms with E-state index in [1.807, 2.05) is 18.2 Å². The molecule has 0 amide bonds. The van der Waals surface area contributed by atoms with Gasteiger partial charge in [0.25, 0.3) is 0 Å². The van der Waals surface area contributed by atoms with Crippen molar-refractivity contribution >= 4 is 17.6 Å². The highest BCUT2D eigenvalue weighted by atomic mass is 35.5. The number of aliphatic hydroxyl groups is 2. The first-order valence-electron chi connectivity index (χ1n) is 9.80. The van der Waals surface area contributed by atoms with Crippen LogP contribution in [0.1, 0.15) is 32.1 Å². The van der Waals surface area contributed by atoms with Gasteiger partial charge in [0.05, 0.1) is 12.2 Å². The molecule has 0 bridgehead atoms. The van der Waals surface area contributed by atoms with Crippen LogP contribution in [0.3, 0.4) is 0 Å². The van der Waals surface area contributed by atoms with Crippen molar-refractivity contribution in [2.75, 3.05) is 6.61 Å². The second-order valence-electron chi connectivity index (χ2n) is 7.39. The molecule has 1 saturated carbocycles. The zero-order valence-corrected chi connectivity index (χ0v) is 16.5. The van der Waals surface area contributed by atoms with Gasteiger partial charge in [-0.05, 0) is 49.5 Å². The highest BCUT2D eigenvalue weighted by molar-refractivity contribution is 6.30. The Hall–Kier alpha value is -1.82. The number of carbonyl (C=O) groups excluding carboxylic acids is 1. The van der Waals surface area contributed by atoms with Crippen LogP contribution in [0.4, 0.5) is 0 Å². The molecule has 1 unspecified atom stereocenters. The molecular weight excluding hydrogens is 380 g/mol. The second kappa shape index (κ2) is 10.1. The summed E-state index contributed by atoms with van der Waals surface area (Å²) in [4.78, 5) is 12.2. The molecule has 2 N–H and O–H groups in total. The molecule has 1 aliphatic heterocycles. The van der Waals surface area contributed by atoms with E-state index in [9.17, 15) is 15.0 Å². The van der Waals surface area contributed by atoms with E-state index in [0.717, 1.165) is 6.42 Å². The van der Waals surface area contributed by atoms with Gasteiger partial charge in [-0.3, -0.25) is 4.79 Å². The summed E-state index contributed by atoms with van der Waals surface area (Å²) >= 11 is 5.98. The van der Waals surface area contributed by atoms with Crippen LogP contribution >= 0.6 is 11.6 Å². The normalized spacial score (nSPS) is 31.2. The maximum atomic E-state index is 12.2. The van der Waals surface area contributed by atoms with Crippen LogP contribution in [0.5, 0.6) is 5.75 Å². The average molecular weight is 407 g/mol. The van der Waals surface area contributed by atoms with Crippen molar-refractivity contribution in [2.24, 2.45) is 11.8 Å². The lowest BCUT2D eigenvalue weighted by Crippen LogP contribution is -2.25. The lowest BCUT2D eigenvalue weighted by Gasteiger charge is -2.20. The standard InChI is InChI=1S/C22H27ClO5/c23-15-6-5-7-16(12-15)27-14-17-10-11-19-18(20(24)13-21(19)25)8-3-1-2-4-9-22(26)28-17/h1,3,5-7,10-12,17-21,24-25H,2,4,8-9,13-14H2/t17-,18+,19?,20-,21+/m0/s1. The zero-order chi connectivity index (χ0) is 19.9. The largest absolute Gasteiger partial charge is 0.489 e. The average Bonchev–Trinajstić information content (AvgIpc) is 2.93. The molecule has 0 aromatic heterocycles. The minimum absolute atomic E-state index is 0.0477. The topological polar surface area (TPSA) is 76.0 Å². The summed E-state index contributed by atoms with van der Waals surface area (Å²) in [6.45, 7) is 0.150. The number of benzene rings is 1. The van der Waals surface area contributed by atoms with Crippen molar-refractivity contribution in [1.29, 1.82) is 0 Å². The van der Waals surface area contributed by atoms with Crippen molar-refractivity contribution in [3.63, 3.8) is 0 Å². The molecule has 3 rings (SSSR count). The quantitative estimate of drug-likeness (QED) is 0.591. The summed E-state index contributed by atoms with van der Waals surface area (Å²) in [5.74, 6) is 0.0834. The van der Waals surface area contributed by atoms with Crippen LogP contribution in [-0.2, 0) is 9.53 Å². The zero-order valence-electron chi connectivity index (χ0n) is 15.7. The predicted octanol–water partition coefficient (Wildman–Crippen LogP) is 3.67. The van der Waals surface area contributed by atoms with E-state index in [4.69, 9.17) is 21.1 Å². The molecule has 1 aliphatic carbocycles. The van der Waals surface area contributed by atoms with Crippen LogP contribution in [0.25, 0.3) is 0 Å². The van der Waals surface area contributed by atoms with Crippen molar-refractivity contribution in [3.8, 4) is 5.75 Å². The summed E-state index contributed by atoms with van der Waals surface area (Å²) in [7, 11) is 0. The van der Waals surface area contributed by atoms with Crippen LogP contribution in [0, 0.1) is 11.8 Å². The maximum Gasteiger partial charge on any atom is 0.306 e. The third kappa shape index (κ3) is 5.84. The van der Waals surface area contributed by atoms with Crippen molar-refractivity contribution in [1.82, 2.24) is 0 Å². The molecule has 1 aromatic carbocycles. The summed E-state index contributed by atoms with van der Waals surface area (Å²) in [5, 5.41) is 21.2. The Labute approximate surface area is 170 Å². The van der Waals surface area contributed by atoms with E-state index in [2.05, 4.69) is 0 Å². The number of esters is 1. The minimum Gasteiger partial charge on any atom is -0.489 e. The summed E-state index contributed by atoms with van der Waals surface area (Å²) in [6.07, 6.45) is 8.85. The van der Waals surface area contributed by atoms with E-state index < -0.39 is 18.3 Å². The Balaban J connectivity index is 1.73. The Morgan fingerprint density at radius 3 is 2.86 bits per heavy atom. The van der Waals surface area contributed by atoms with Crippen LogP contribution < -0.4 is 4.74 Å². The van der Waals surface area contributed by atoms with E-state index in [-0.39, 0.29) is 24.4 Å². The molecule has 5 nitrogen and oxygen atoms in total. The van der Waals surface area contributed by atoms with Gasteiger partial charge in [0.15, 0.2) is 6.10 Å². The fourth-order valence-electron chi connectivity index (χ4n) is 3.79. The van der Waals surface area contributed by atoms with Crippen molar-refractivity contribution in [2.45, 2.75) is 50.4 Å². The lowest BCUT2D eigenvalue weighted by molar-refractivity contribution is -0.148. The number of halogens is 1. The SMILES string of the molecule is O=C1CCCC=CC[C@@H]2C(C=C[C@@H](COc3cccc(Cl)c3)O1)[C@H](O)C[C@@H]2O. The third-order valence-electron chi connectivity index (χ3n) is 5.28. The fourth-order valence-corrected chi connectivity index (χ4v) is 3.97. The first kappa shape index (κ1) is 20.9. The van der Waals surface area contributed by atoms with Crippen molar-refractivity contribution < 1.29 is 24.5 Å². The molecule has 1 heterocycles. The van der Waals surface area contributed by atoms with Gasteiger partial charge in [0.1, 0.15) is 12.4 Å². The smallest absolute Gasteiger partial charge is 0.306 e. The first-order valence-corrected chi connectivity index (χ1v) is 10.2. The number of rotatable bonds is 3. The Morgan fingerprint density at radius 1 is 1.18 bits per heavy atom. The van der Waals surface area contributed by atoms with Crippen LogP contribution in [-0.4, -0.2) is 41.1 Å². The van der Waals surface area contributed by atoms with Gasteiger partial charge in [0.2, 0.25) is 0 Å². The second-order valence-corrected chi connectivity index (χ2v) is 7.83. The van der Waals surface area contributed by atoms with Gasteiger partial charge in [-0.15, -0.1) is 0 Å². The molecule has 6 heteroatoms. The number of allylic oxidation sites excluding steroid dienone is 2.